The van der Waals surface area contributed by atoms with Crippen LogP contribution < -0.4 is 5.48 Å². The number of amides is 2. The molecule has 1 saturated heterocycles. The lowest BCUT2D eigenvalue weighted by molar-refractivity contribution is -0.0505. The highest BCUT2D eigenvalue weighted by Gasteiger charge is 2.51. The lowest BCUT2D eigenvalue weighted by atomic mass is 9.74. The Morgan fingerprint density at radius 2 is 2.21 bits per heavy atom. The normalized spacial score (nSPS) is 19.2. The minimum Gasteiger partial charge on any atom is -0.383 e. The Morgan fingerprint density at radius 1 is 1.42 bits per heavy atom. The van der Waals surface area contributed by atoms with E-state index >= 15 is 0 Å². The third kappa shape index (κ3) is 4.25. The van der Waals surface area contributed by atoms with Crippen LogP contribution in [0.25, 0.3) is 0 Å². The minimum absolute atomic E-state index is 0.0428. The number of carbonyl (C=O) groups is 1. The predicted octanol–water partition coefficient (Wildman–Crippen LogP) is 1.59. The molecule has 0 saturated carbocycles. The molecule has 1 aliphatic rings. The van der Waals surface area contributed by atoms with E-state index in [9.17, 15) is 4.79 Å². The van der Waals surface area contributed by atoms with Gasteiger partial charge in [0.15, 0.2) is 0 Å². The summed E-state index contributed by atoms with van der Waals surface area (Å²) >= 11 is 0. The van der Waals surface area contributed by atoms with Crippen LogP contribution in [0.5, 0.6) is 0 Å². The molecule has 1 aromatic rings. The van der Waals surface area contributed by atoms with Crippen molar-refractivity contribution in [3.05, 3.63) is 18.2 Å². The number of urea groups is 1. The highest BCUT2D eigenvalue weighted by Crippen LogP contribution is 2.47. The fraction of sp³-hybridized carbons (Fsp3) is 0.750. The van der Waals surface area contributed by atoms with E-state index in [1.807, 2.05) is 17.7 Å². The first-order chi connectivity index (χ1) is 11.5. The lowest BCUT2D eigenvalue weighted by Crippen LogP contribution is -2.61. The Balaban J connectivity index is 1.96. The molecule has 0 radical (unpaired) electrons. The van der Waals surface area contributed by atoms with E-state index in [0.29, 0.717) is 39.5 Å². The van der Waals surface area contributed by atoms with Gasteiger partial charge < -0.3 is 18.9 Å². The number of nitrogens with zero attached hydrogens (tertiary/aromatic N) is 3. The summed E-state index contributed by atoms with van der Waals surface area (Å²) in [6.45, 7) is 9.54. The number of ether oxygens (including phenoxy) is 2. The Labute approximate surface area is 143 Å². The second-order valence-electron chi connectivity index (χ2n) is 6.44. The fourth-order valence-corrected chi connectivity index (χ4v) is 2.97. The van der Waals surface area contributed by atoms with Crippen molar-refractivity contribution in [3.63, 3.8) is 0 Å². The number of hydrogen-bond donors (Lipinski definition) is 1. The molecular weight excluding hydrogens is 312 g/mol. The molecule has 1 aromatic heterocycles. The van der Waals surface area contributed by atoms with Crippen molar-refractivity contribution < 1.29 is 19.1 Å². The largest absolute Gasteiger partial charge is 0.383 e. The van der Waals surface area contributed by atoms with Gasteiger partial charge in [0.1, 0.15) is 5.82 Å². The third-order valence-electron chi connectivity index (χ3n) is 4.11. The lowest BCUT2D eigenvalue weighted by Gasteiger charge is -2.53. The van der Waals surface area contributed by atoms with Crippen molar-refractivity contribution in [2.24, 2.45) is 5.41 Å². The summed E-state index contributed by atoms with van der Waals surface area (Å²) in [5, 5.41) is 0. The average molecular weight is 340 g/mol. The molecule has 8 heteroatoms. The molecule has 1 fully saturated rings. The highest BCUT2D eigenvalue weighted by molar-refractivity contribution is 5.75. The number of rotatable bonds is 9. The smallest absolute Gasteiger partial charge is 0.341 e. The summed E-state index contributed by atoms with van der Waals surface area (Å²) in [7, 11) is 1.67. The van der Waals surface area contributed by atoms with Crippen molar-refractivity contribution >= 4 is 6.03 Å². The molecule has 2 amide bonds. The van der Waals surface area contributed by atoms with E-state index in [-0.39, 0.29) is 17.5 Å². The molecule has 1 unspecified atom stereocenters. The van der Waals surface area contributed by atoms with Gasteiger partial charge in [0, 0.05) is 44.6 Å². The Hall–Kier alpha value is -1.64. The molecule has 136 valence electrons. The fourth-order valence-electron chi connectivity index (χ4n) is 2.97. The van der Waals surface area contributed by atoms with Crippen LogP contribution in [0.4, 0.5) is 4.79 Å². The second kappa shape index (κ2) is 8.46. The zero-order valence-electron chi connectivity index (χ0n) is 14.9. The predicted molar refractivity (Wildman–Crippen MR) is 88.3 cm³/mol. The average Bonchev–Trinajstić information content (AvgIpc) is 2.98. The van der Waals surface area contributed by atoms with Crippen LogP contribution in [0.1, 0.15) is 32.6 Å². The van der Waals surface area contributed by atoms with Crippen LogP contribution in [-0.4, -0.2) is 60.6 Å². The summed E-state index contributed by atoms with van der Waals surface area (Å²) in [5.41, 5.74) is 2.44. The van der Waals surface area contributed by atoms with Crippen molar-refractivity contribution in [1.82, 2.24) is 19.9 Å². The molecular formula is C16H28N4O4. The Morgan fingerprint density at radius 3 is 2.88 bits per heavy atom. The van der Waals surface area contributed by atoms with Crippen LogP contribution in [0, 0.1) is 5.41 Å². The summed E-state index contributed by atoms with van der Waals surface area (Å²) in [6, 6.07) is -0.350. The first kappa shape index (κ1) is 18.7. The van der Waals surface area contributed by atoms with Gasteiger partial charge in [-0.2, -0.15) is 0 Å². The van der Waals surface area contributed by atoms with Gasteiger partial charge in [0.25, 0.3) is 0 Å². The summed E-state index contributed by atoms with van der Waals surface area (Å²) in [5.74, 6) is 0.868. The van der Waals surface area contributed by atoms with E-state index in [1.165, 1.54) is 0 Å². The van der Waals surface area contributed by atoms with E-state index in [1.54, 1.807) is 18.2 Å². The van der Waals surface area contributed by atoms with Crippen LogP contribution in [0.15, 0.2) is 12.4 Å². The molecule has 0 aromatic carbocycles. The molecule has 24 heavy (non-hydrogen) atoms. The van der Waals surface area contributed by atoms with Crippen molar-refractivity contribution in [2.75, 3.05) is 40.1 Å². The van der Waals surface area contributed by atoms with Gasteiger partial charge in [-0.25, -0.2) is 15.3 Å². The zero-order valence-corrected chi connectivity index (χ0v) is 14.9. The topological polar surface area (TPSA) is 77.9 Å². The first-order valence-electron chi connectivity index (χ1n) is 8.27. The molecule has 8 nitrogen and oxygen atoms in total. The van der Waals surface area contributed by atoms with Gasteiger partial charge in [-0.05, 0) is 6.92 Å². The highest BCUT2D eigenvalue weighted by atomic mass is 16.7. The van der Waals surface area contributed by atoms with Crippen molar-refractivity contribution in [1.29, 1.82) is 0 Å². The Bertz CT molecular complexity index is 532. The van der Waals surface area contributed by atoms with Gasteiger partial charge in [0.05, 0.1) is 25.9 Å². The number of carbonyl (C=O) groups excluding carboxylic acids is 1. The molecule has 1 atom stereocenters. The maximum absolute atomic E-state index is 12.4. The van der Waals surface area contributed by atoms with Crippen LogP contribution in [0.2, 0.25) is 0 Å². The minimum atomic E-state index is -0.253. The molecule has 0 aliphatic carbocycles. The van der Waals surface area contributed by atoms with Gasteiger partial charge in [0.2, 0.25) is 0 Å². The van der Waals surface area contributed by atoms with Gasteiger partial charge in [-0.1, -0.05) is 13.8 Å². The van der Waals surface area contributed by atoms with Crippen molar-refractivity contribution in [3.8, 4) is 0 Å². The SMILES string of the molecule is CCOCCONC(=O)N1CC(C)(C)C1c1nccn1CCOC. The van der Waals surface area contributed by atoms with E-state index in [2.05, 4.69) is 24.3 Å². The standard InChI is InChI=1S/C16H28N4O4/c1-5-23-10-11-24-18-15(21)20-12-16(2,3)13(20)14-17-6-7-19(14)8-9-22-4/h6-7,13H,5,8-12H2,1-4H3,(H,18,21). The Kier molecular flexibility index (Phi) is 6.59. The molecule has 1 aliphatic heterocycles. The molecule has 0 spiro atoms. The molecule has 2 rings (SSSR count). The summed E-state index contributed by atoms with van der Waals surface area (Å²) in [4.78, 5) is 23.7. The van der Waals surface area contributed by atoms with Crippen LogP contribution in [0.3, 0.4) is 0 Å². The number of methoxy groups -OCH3 is 1. The number of aromatic nitrogens is 2. The van der Waals surface area contributed by atoms with Crippen LogP contribution >= 0.6 is 0 Å². The molecule has 1 N–H and O–H groups in total. The summed E-state index contributed by atoms with van der Waals surface area (Å²) < 4.78 is 12.3. The van der Waals surface area contributed by atoms with E-state index in [0.717, 1.165) is 5.82 Å². The molecule has 0 bridgehead atoms. The maximum Gasteiger partial charge on any atom is 0.341 e. The van der Waals surface area contributed by atoms with Gasteiger partial charge in [-0.15, -0.1) is 0 Å². The second-order valence-corrected chi connectivity index (χ2v) is 6.44. The van der Waals surface area contributed by atoms with E-state index in [4.69, 9.17) is 14.3 Å². The maximum atomic E-state index is 12.4. The van der Waals surface area contributed by atoms with Crippen LogP contribution in [-0.2, 0) is 20.9 Å². The summed E-state index contributed by atoms with van der Waals surface area (Å²) in [6.07, 6.45) is 3.67. The van der Waals surface area contributed by atoms with Gasteiger partial charge >= 0.3 is 6.03 Å². The number of imidazole rings is 1. The van der Waals surface area contributed by atoms with Gasteiger partial charge in [-0.3, -0.25) is 4.84 Å². The quantitative estimate of drug-likeness (QED) is 0.546. The first-order valence-corrected chi connectivity index (χ1v) is 8.27. The number of likely N-dealkylation sites (tertiary alicyclic amines) is 1. The van der Waals surface area contributed by atoms with E-state index < -0.39 is 0 Å². The number of hydrogen-bond acceptors (Lipinski definition) is 5. The zero-order chi connectivity index (χ0) is 17.6. The van der Waals surface area contributed by atoms with Crippen molar-refractivity contribution in [2.45, 2.75) is 33.4 Å². The third-order valence-corrected chi connectivity index (χ3v) is 4.11. The number of nitrogens with one attached hydrogen (secondary N) is 1. The monoisotopic (exact) mass is 340 g/mol. The molecule has 2 heterocycles. The number of hydroxylamine groups is 1.